The van der Waals surface area contributed by atoms with Gasteiger partial charge in [0.2, 0.25) is 17.5 Å². The van der Waals surface area contributed by atoms with Crippen molar-refractivity contribution in [3.8, 4) is 5.75 Å². The van der Waals surface area contributed by atoms with Crippen LogP contribution in [0.25, 0.3) is 0 Å². The van der Waals surface area contributed by atoms with Gasteiger partial charge in [-0.1, -0.05) is 6.07 Å². The zero-order chi connectivity index (χ0) is 28.9. The first-order chi connectivity index (χ1) is 18.3. The maximum atomic E-state index is 13.9. The Hall–Kier alpha value is -3.48. The minimum atomic E-state index is -1.83. The normalized spacial score (nSPS) is 15.0. The smallest absolute Gasteiger partial charge is 0.308 e. The number of hydrogen-bond acceptors (Lipinski definition) is 7. The zero-order valence-corrected chi connectivity index (χ0v) is 22.3. The van der Waals surface area contributed by atoms with Crippen LogP contribution in [0, 0.1) is 29.2 Å². The molecule has 1 aromatic heterocycles. The molecule has 1 N–H and O–H groups in total. The Kier molecular flexibility index (Phi) is 9.70. The molecule has 3 rings (SSSR count). The van der Waals surface area contributed by atoms with Crippen LogP contribution in [0.1, 0.15) is 49.7 Å². The van der Waals surface area contributed by atoms with E-state index in [9.17, 15) is 36.7 Å². The van der Waals surface area contributed by atoms with Gasteiger partial charge < -0.3 is 19.7 Å². The van der Waals surface area contributed by atoms with Crippen molar-refractivity contribution in [3.05, 3.63) is 51.7 Å². The summed E-state index contributed by atoms with van der Waals surface area (Å²) in [5.74, 6) is -11.7. The molecule has 13 heteroatoms. The summed E-state index contributed by atoms with van der Waals surface area (Å²) in [6, 6.07) is 1.94. The zero-order valence-electron chi connectivity index (χ0n) is 21.5. The lowest BCUT2D eigenvalue weighted by molar-refractivity contribution is -0.156. The standard InChI is InChI=1S/C26H28F4N2O6S/c1-26(2,3)38-20(34)12-17(18(33)13-37-23-21(29)15(27)11-16(28)22(23)30)31-24(35)14-6-8-32(9-7-14)25(36)19-5-4-10-39-19/h4-5,10-11,14,17H,6-9,12-13H2,1-3H3,(H,31,35)/t17-/m0/s1. The molecule has 8 nitrogen and oxygen atoms in total. The molecule has 1 saturated heterocycles. The molecule has 1 fully saturated rings. The van der Waals surface area contributed by atoms with Crippen LogP contribution >= 0.6 is 11.3 Å². The average molecular weight is 573 g/mol. The van der Waals surface area contributed by atoms with Gasteiger partial charge in [0.25, 0.3) is 5.91 Å². The van der Waals surface area contributed by atoms with Crippen LogP contribution in [0.15, 0.2) is 23.6 Å². The SMILES string of the molecule is CC(C)(C)OC(=O)C[C@H](NC(=O)C1CCN(C(=O)c2cccs2)CC1)C(=O)COc1c(F)c(F)cc(F)c1F. The maximum Gasteiger partial charge on any atom is 0.308 e. The third-order valence-electron chi connectivity index (χ3n) is 5.81. The average Bonchev–Trinajstić information content (AvgIpc) is 3.40. The lowest BCUT2D eigenvalue weighted by Gasteiger charge is -2.32. The van der Waals surface area contributed by atoms with Crippen molar-refractivity contribution >= 4 is 34.9 Å². The van der Waals surface area contributed by atoms with Crippen LogP contribution < -0.4 is 10.1 Å². The van der Waals surface area contributed by atoms with Gasteiger partial charge in [0, 0.05) is 25.1 Å². The van der Waals surface area contributed by atoms with Crippen molar-refractivity contribution in [2.75, 3.05) is 19.7 Å². The Morgan fingerprint density at radius 2 is 1.69 bits per heavy atom. The number of carbonyl (C=O) groups excluding carboxylic acids is 4. The minimum Gasteiger partial charge on any atom is -0.479 e. The number of benzene rings is 1. The van der Waals surface area contributed by atoms with Crippen molar-refractivity contribution < 1.29 is 46.2 Å². The second kappa shape index (κ2) is 12.6. The first-order valence-corrected chi connectivity index (χ1v) is 13.0. The van der Waals surface area contributed by atoms with Gasteiger partial charge >= 0.3 is 5.97 Å². The third kappa shape index (κ3) is 8.01. The van der Waals surface area contributed by atoms with E-state index < -0.39 is 77.3 Å². The molecule has 0 spiro atoms. The molecule has 1 aromatic carbocycles. The first kappa shape index (κ1) is 30.1. The number of nitrogens with zero attached hydrogens (tertiary/aromatic N) is 1. The van der Waals surface area contributed by atoms with Gasteiger partial charge in [-0.15, -0.1) is 11.3 Å². The highest BCUT2D eigenvalue weighted by molar-refractivity contribution is 7.12. The van der Waals surface area contributed by atoms with Crippen molar-refractivity contribution in [1.82, 2.24) is 10.2 Å². The molecule has 39 heavy (non-hydrogen) atoms. The molecule has 2 heterocycles. The van der Waals surface area contributed by atoms with Gasteiger partial charge in [0.15, 0.2) is 23.2 Å². The molecular weight excluding hydrogens is 544 g/mol. The molecule has 2 aromatic rings. The molecule has 0 saturated carbocycles. The number of thiophene rings is 1. The summed E-state index contributed by atoms with van der Waals surface area (Å²) in [6.45, 7) is 4.28. The molecule has 0 radical (unpaired) electrons. The van der Waals surface area contributed by atoms with Gasteiger partial charge in [-0.2, -0.15) is 8.78 Å². The quantitative estimate of drug-likeness (QED) is 0.277. The summed E-state index contributed by atoms with van der Waals surface area (Å²) < 4.78 is 64.8. The number of likely N-dealkylation sites (tertiary alicyclic amines) is 1. The molecule has 0 unspecified atom stereocenters. The fourth-order valence-electron chi connectivity index (χ4n) is 3.91. The number of ketones is 1. The monoisotopic (exact) mass is 572 g/mol. The summed E-state index contributed by atoms with van der Waals surface area (Å²) in [5.41, 5.74) is -0.904. The number of ether oxygens (including phenoxy) is 2. The Labute approximate surface area is 226 Å². The second-order valence-electron chi connectivity index (χ2n) is 9.95. The lowest BCUT2D eigenvalue weighted by Crippen LogP contribution is -2.49. The van der Waals surface area contributed by atoms with Crippen molar-refractivity contribution in [1.29, 1.82) is 0 Å². The predicted octanol–water partition coefficient (Wildman–Crippen LogP) is 4.02. The van der Waals surface area contributed by atoms with Crippen LogP contribution in [0.3, 0.4) is 0 Å². The Morgan fingerprint density at radius 1 is 1.08 bits per heavy atom. The summed E-state index contributed by atoms with van der Waals surface area (Å²) in [7, 11) is 0. The van der Waals surface area contributed by atoms with Crippen LogP contribution in [-0.2, 0) is 19.1 Å². The molecule has 0 aliphatic carbocycles. The first-order valence-electron chi connectivity index (χ1n) is 12.1. The number of amides is 2. The van der Waals surface area contributed by atoms with Crippen LogP contribution in [0.4, 0.5) is 17.6 Å². The van der Waals surface area contributed by atoms with E-state index in [2.05, 4.69) is 5.32 Å². The van der Waals surface area contributed by atoms with E-state index >= 15 is 0 Å². The second-order valence-corrected chi connectivity index (χ2v) is 10.9. The van der Waals surface area contributed by atoms with Gasteiger partial charge in [0.1, 0.15) is 18.2 Å². The number of nitrogens with one attached hydrogen (secondary N) is 1. The van der Waals surface area contributed by atoms with E-state index in [0.717, 1.165) is 0 Å². The fraction of sp³-hybridized carbons (Fsp3) is 0.462. The summed E-state index contributed by atoms with van der Waals surface area (Å²) in [4.78, 5) is 53.0. The molecule has 1 aliphatic rings. The largest absolute Gasteiger partial charge is 0.479 e. The predicted molar refractivity (Wildman–Crippen MR) is 132 cm³/mol. The van der Waals surface area contributed by atoms with Gasteiger partial charge in [-0.3, -0.25) is 19.2 Å². The topological polar surface area (TPSA) is 102 Å². The highest BCUT2D eigenvalue weighted by Gasteiger charge is 2.33. The number of piperidine rings is 1. The van der Waals surface area contributed by atoms with E-state index in [0.29, 0.717) is 30.8 Å². The fourth-order valence-corrected chi connectivity index (χ4v) is 4.60. The lowest BCUT2D eigenvalue weighted by atomic mass is 9.95. The van der Waals surface area contributed by atoms with Crippen molar-refractivity contribution in [2.24, 2.45) is 5.92 Å². The highest BCUT2D eigenvalue weighted by atomic mass is 32.1. The molecule has 0 bridgehead atoms. The minimum absolute atomic E-state index is 0.00974. The maximum absolute atomic E-state index is 13.9. The molecular formula is C26H28F4N2O6S. The number of Topliss-reactive ketones (excluding diaryl/α,β-unsaturated/α-hetero) is 1. The number of halogens is 4. The molecule has 2 amide bonds. The van der Waals surface area contributed by atoms with E-state index in [1.165, 1.54) is 11.3 Å². The van der Waals surface area contributed by atoms with Crippen LogP contribution in [0.5, 0.6) is 5.75 Å². The van der Waals surface area contributed by atoms with Crippen molar-refractivity contribution in [2.45, 2.75) is 51.7 Å². The van der Waals surface area contributed by atoms with Gasteiger partial charge in [-0.05, 0) is 45.1 Å². The number of carbonyl (C=O) groups is 4. The van der Waals surface area contributed by atoms with E-state index in [-0.39, 0.29) is 12.0 Å². The van der Waals surface area contributed by atoms with E-state index in [1.54, 1.807) is 43.2 Å². The van der Waals surface area contributed by atoms with Gasteiger partial charge in [-0.25, -0.2) is 8.78 Å². The van der Waals surface area contributed by atoms with Gasteiger partial charge in [0.05, 0.1) is 11.3 Å². The van der Waals surface area contributed by atoms with Crippen LogP contribution in [0.2, 0.25) is 0 Å². The summed E-state index contributed by atoms with van der Waals surface area (Å²) in [5, 5.41) is 4.24. The number of esters is 1. The Balaban J connectivity index is 1.67. The Bertz CT molecular complexity index is 1200. The molecule has 1 aliphatic heterocycles. The summed E-state index contributed by atoms with van der Waals surface area (Å²) in [6.07, 6.45) is -0.0268. The number of hydrogen-bond donors (Lipinski definition) is 1. The third-order valence-corrected chi connectivity index (χ3v) is 6.67. The van der Waals surface area contributed by atoms with Crippen molar-refractivity contribution in [3.63, 3.8) is 0 Å². The highest BCUT2D eigenvalue weighted by Crippen LogP contribution is 2.27. The Morgan fingerprint density at radius 3 is 2.23 bits per heavy atom. The molecule has 212 valence electrons. The number of rotatable bonds is 9. The van der Waals surface area contributed by atoms with E-state index in [4.69, 9.17) is 9.47 Å². The van der Waals surface area contributed by atoms with E-state index in [1.807, 2.05) is 0 Å². The summed E-state index contributed by atoms with van der Waals surface area (Å²) >= 11 is 1.31. The van der Waals surface area contributed by atoms with Crippen LogP contribution in [-0.4, -0.2) is 59.8 Å². The molecule has 1 atom stereocenters.